The van der Waals surface area contributed by atoms with Gasteiger partial charge in [-0.15, -0.1) is 0 Å². The van der Waals surface area contributed by atoms with Crippen molar-refractivity contribution in [2.75, 3.05) is 30.8 Å². The molecule has 0 aliphatic carbocycles. The molecule has 37 heavy (non-hydrogen) atoms. The minimum absolute atomic E-state index is 0.0179. The Labute approximate surface area is 226 Å². The van der Waals surface area contributed by atoms with Crippen LogP contribution in [0.15, 0.2) is 24.4 Å². The monoisotopic (exact) mass is 532 g/mol. The van der Waals surface area contributed by atoms with E-state index in [2.05, 4.69) is 79.0 Å². The van der Waals surface area contributed by atoms with Crippen molar-refractivity contribution in [2.45, 2.75) is 96.5 Å². The van der Waals surface area contributed by atoms with Crippen molar-refractivity contribution in [1.82, 2.24) is 19.8 Å². The van der Waals surface area contributed by atoms with E-state index in [1.165, 1.54) is 6.20 Å². The largest absolute Gasteiger partial charge is 0.489 e. The van der Waals surface area contributed by atoms with E-state index < -0.39 is 5.82 Å². The number of halogens is 2. The maximum absolute atomic E-state index is 14.7. The predicted molar refractivity (Wildman–Crippen MR) is 150 cm³/mol. The summed E-state index contributed by atoms with van der Waals surface area (Å²) in [5, 5.41) is 7.02. The lowest BCUT2D eigenvalue weighted by atomic mass is 9.77. The summed E-state index contributed by atoms with van der Waals surface area (Å²) in [6.45, 7) is 15.4. The summed E-state index contributed by atoms with van der Waals surface area (Å²) in [6, 6.07) is 6.19. The predicted octanol–water partition coefficient (Wildman–Crippen LogP) is 6.33. The van der Waals surface area contributed by atoms with Gasteiger partial charge in [0.15, 0.2) is 11.6 Å². The second-order valence-electron chi connectivity index (χ2n) is 12.0. The topological polar surface area (TPSA) is 65.6 Å². The lowest BCUT2D eigenvalue weighted by Gasteiger charge is -2.53. The molecule has 1 aromatic heterocycles. The minimum Gasteiger partial charge on any atom is -0.489 e. The van der Waals surface area contributed by atoms with Gasteiger partial charge in [0, 0.05) is 41.9 Å². The molecule has 2 aliphatic heterocycles. The quantitative estimate of drug-likeness (QED) is 0.432. The molecule has 2 aliphatic rings. The van der Waals surface area contributed by atoms with E-state index in [0.717, 1.165) is 38.8 Å². The van der Waals surface area contributed by atoms with E-state index in [9.17, 15) is 4.39 Å². The molecule has 2 saturated heterocycles. The summed E-state index contributed by atoms with van der Waals surface area (Å²) >= 11 is 6.55. The van der Waals surface area contributed by atoms with Crippen LogP contribution >= 0.6 is 11.6 Å². The number of likely N-dealkylation sites (tertiary alicyclic amines) is 2. The number of piperidine rings is 2. The van der Waals surface area contributed by atoms with Gasteiger partial charge in [-0.1, -0.05) is 11.6 Å². The van der Waals surface area contributed by atoms with E-state index in [1.54, 1.807) is 6.07 Å². The summed E-state index contributed by atoms with van der Waals surface area (Å²) < 4.78 is 20.9. The Kier molecular flexibility index (Phi) is 8.22. The fraction of sp³-hybridized carbons (Fsp3) is 0.643. The van der Waals surface area contributed by atoms with Crippen LogP contribution in [0.1, 0.15) is 67.2 Å². The van der Waals surface area contributed by atoms with Crippen molar-refractivity contribution in [1.29, 1.82) is 0 Å². The summed E-state index contributed by atoms with van der Waals surface area (Å²) in [7, 11) is 2.15. The third-order valence-electron chi connectivity index (χ3n) is 8.08. The summed E-state index contributed by atoms with van der Waals surface area (Å²) in [6.07, 6.45) is 5.10. The van der Waals surface area contributed by atoms with Crippen LogP contribution in [0.4, 0.5) is 21.8 Å². The number of anilines is 3. The molecular formula is C28H42ClFN6O. The van der Waals surface area contributed by atoms with Gasteiger partial charge in [0.1, 0.15) is 11.9 Å². The minimum atomic E-state index is -0.467. The zero-order chi connectivity index (χ0) is 27.0. The molecule has 2 N–H and O–H groups in total. The number of nitrogens with zero attached hydrogens (tertiary/aromatic N) is 4. The normalized spacial score (nSPS) is 21.2. The first-order valence-corrected chi connectivity index (χ1v) is 13.7. The molecule has 0 radical (unpaired) electrons. The van der Waals surface area contributed by atoms with Crippen LogP contribution in [-0.4, -0.2) is 69.2 Å². The van der Waals surface area contributed by atoms with Crippen molar-refractivity contribution in [3.05, 3.63) is 35.2 Å². The highest BCUT2D eigenvalue weighted by Gasteiger charge is 2.43. The fourth-order valence-corrected chi connectivity index (χ4v) is 5.91. The van der Waals surface area contributed by atoms with Crippen LogP contribution in [0.2, 0.25) is 5.02 Å². The van der Waals surface area contributed by atoms with Gasteiger partial charge in [-0.3, -0.25) is 4.90 Å². The van der Waals surface area contributed by atoms with E-state index in [-0.39, 0.29) is 29.0 Å². The Bertz CT molecular complexity index is 1070. The third-order valence-corrected chi connectivity index (χ3v) is 8.38. The Morgan fingerprint density at radius 2 is 1.76 bits per heavy atom. The van der Waals surface area contributed by atoms with Crippen LogP contribution in [0, 0.1) is 5.82 Å². The molecule has 0 spiro atoms. The molecule has 1 aromatic carbocycles. The van der Waals surface area contributed by atoms with Crippen molar-refractivity contribution in [3.8, 4) is 5.75 Å². The van der Waals surface area contributed by atoms with Crippen molar-refractivity contribution >= 4 is 29.1 Å². The molecule has 0 bridgehead atoms. The standard InChI is InChI=1S/C28H42ClFN6O/c1-18(2)36-12-10-21(11-13-36)37-24-9-8-19(14-22(24)29)33-26-31-17-23(30)25(34-26)32-20-15-27(3,4)35(7)28(5,6)16-20/h8-9,14,17-18,20-21H,10-13,15-16H2,1-7H3,(H2,31,32,33,34). The third kappa shape index (κ3) is 6.65. The summed E-state index contributed by atoms with van der Waals surface area (Å²) in [5.41, 5.74) is 0.678. The lowest BCUT2D eigenvalue weighted by molar-refractivity contribution is -0.00778. The molecule has 0 unspecified atom stereocenters. The number of rotatable bonds is 7. The Morgan fingerprint density at radius 1 is 1.11 bits per heavy atom. The Balaban J connectivity index is 1.40. The molecule has 7 nitrogen and oxygen atoms in total. The smallest absolute Gasteiger partial charge is 0.229 e. The van der Waals surface area contributed by atoms with Gasteiger partial charge in [0.25, 0.3) is 0 Å². The maximum atomic E-state index is 14.7. The number of hydrogen-bond acceptors (Lipinski definition) is 7. The molecule has 0 amide bonds. The van der Waals surface area contributed by atoms with Gasteiger partial charge >= 0.3 is 0 Å². The van der Waals surface area contributed by atoms with Gasteiger partial charge < -0.3 is 20.3 Å². The van der Waals surface area contributed by atoms with Crippen molar-refractivity contribution in [3.63, 3.8) is 0 Å². The molecular weight excluding hydrogens is 491 g/mol. The van der Waals surface area contributed by atoms with Crippen molar-refractivity contribution < 1.29 is 9.13 Å². The van der Waals surface area contributed by atoms with Crippen LogP contribution < -0.4 is 15.4 Å². The molecule has 3 heterocycles. The van der Waals surface area contributed by atoms with Crippen LogP contribution in [-0.2, 0) is 0 Å². The SMILES string of the molecule is CC(C)N1CCC(Oc2ccc(Nc3ncc(F)c(NC4CC(C)(C)N(C)C(C)(C)C4)n3)cc2Cl)CC1. The van der Waals surface area contributed by atoms with E-state index >= 15 is 0 Å². The first-order valence-electron chi connectivity index (χ1n) is 13.3. The molecule has 0 saturated carbocycles. The highest BCUT2D eigenvalue weighted by molar-refractivity contribution is 6.32. The van der Waals surface area contributed by atoms with E-state index in [4.69, 9.17) is 16.3 Å². The number of benzene rings is 1. The highest BCUT2D eigenvalue weighted by Crippen LogP contribution is 2.38. The average molecular weight is 533 g/mol. The molecule has 204 valence electrons. The number of hydrogen-bond donors (Lipinski definition) is 2. The Hall–Kier alpha value is -2.16. The number of aromatic nitrogens is 2. The second kappa shape index (κ2) is 10.9. The lowest BCUT2D eigenvalue weighted by Crippen LogP contribution is -2.61. The van der Waals surface area contributed by atoms with E-state index in [1.807, 2.05) is 12.1 Å². The second-order valence-corrected chi connectivity index (χ2v) is 12.4. The van der Waals surface area contributed by atoms with Crippen LogP contribution in [0.25, 0.3) is 0 Å². The summed E-state index contributed by atoms with van der Waals surface area (Å²) in [4.78, 5) is 13.4. The molecule has 2 fully saturated rings. The van der Waals surface area contributed by atoms with Crippen LogP contribution in [0.3, 0.4) is 0 Å². The van der Waals surface area contributed by atoms with Gasteiger partial charge in [0.2, 0.25) is 5.95 Å². The van der Waals surface area contributed by atoms with Gasteiger partial charge in [0.05, 0.1) is 11.2 Å². The van der Waals surface area contributed by atoms with Crippen LogP contribution in [0.5, 0.6) is 5.75 Å². The number of ether oxygens (including phenoxy) is 1. The van der Waals surface area contributed by atoms with Crippen molar-refractivity contribution in [2.24, 2.45) is 0 Å². The Morgan fingerprint density at radius 3 is 2.35 bits per heavy atom. The molecule has 2 aromatic rings. The van der Waals surface area contributed by atoms with E-state index in [0.29, 0.717) is 28.4 Å². The fourth-order valence-electron chi connectivity index (χ4n) is 5.69. The molecule has 4 rings (SSSR count). The molecule has 9 heteroatoms. The first kappa shape index (κ1) is 27.9. The summed E-state index contributed by atoms with van der Waals surface area (Å²) in [5.74, 6) is 0.717. The van der Waals surface area contributed by atoms with Gasteiger partial charge in [-0.2, -0.15) is 4.98 Å². The maximum Gasteiger partial charge on any atom is 0.229 e. The number of nitrogens with one attached hydrogen (secondary N) is 2. The first-order chi connectivity index (χ1) is 17.3. The highest BCUT2D eigenvalue weighted by atomic mass is 35.5. The zero-order valence-corrected chi connectivity index (χ0v) is 24.0. The van der Waals surface area contributed by atoms with Gasteiger partial charge in [-0.25, -0.2) is 9.37 Å². The van der Waals surface area contributed by atoms with Gasteiger partial charge in [-0.05, 0) is 92.5 Å². The average Bonchev–Trinajstić information content (AvgIpc) is 2.81. The molecule has 0 atom stereocenters. The zero-order valence-electron chi connectivity index (χ0n) is 23.2.